The highest BCUT2D eigenvalue weighted by atomic mass is 16.6. The van der Waals surface area contributed by atoms with Crippen LogP contribution in [0.3, 0.4) is 0 Å². The van der Waals surface area contributed by atoms with Crippen LogP contribution in [0.25, 0.3) is 10.8 Å². The standard InChI is InChI=1S/C18H16N2O8/c1-3-27-17(23)15(21)13-10(19)8-9-6-5-7-11(20(25)26)12(9)14(13)16(22)18(24)28-4-2/h5-8H,3-4,19H2,1-2H3. The normalized spacial score (nSPS) is 10.4. The molecule has 0 aliphatic carbocycles. The number of nitrogen functional groups attached to an aromatic ring is 1. The molecule has 146 valence electrons. The summed E-state index contributed by atoms with van der Waals surface area (Å²) < 4.78 is 9.30. The minimum absolute atomic E-state index is 0.126. The average molecular weight is 388 g/mol. The van der Waals surface area contributed by atoms with Gasteiger partial charge in [-0.05, 0) is 25.3 Å². The number of benzene rings is 2. The monoisotopic (exact) mass is 388 g/mol. The number of anilines is 1. The third-order valence-corrected chi connectivity index (χ3v) is 3.75. The highest BCUT2D eigenvalue weighted by Gasteiger charge is 2.34. The lowest BCUT2D eigenvalue weighted by Gasteiger charge is -2.13. The summed E-state index contributed by atoms with van der Waals surface area (Å²) in [6.07, 6.45) is 0. The SMILES string of the molecule is CCOC(=O)C(=O)c1c(N)cc2cccc([N+](=O)[O-])c2c1C(=O)C(=O)OCC. The molecular formula is C18H16N2O8. The molecule has 0 aliphatic heterocycles. The number of nitrogens with two attached hydrogens (primary N) is 1. The van der Waals surface area contributed by atoms with E-state index in [9.17, 15) is 29.3 Å². The lowest BCUT2D eigenvalue weighted by Crippen LogP contribution is -2.26. The van der Waals surface area contributed by atoms with Gasteiger partial charge in [-0.25, -0.2) is 9.59 Å². The Labute approximate surface area is 158 Å². The average Bonchev–Trinajstić information content (AvgIpc) is 2.65. The van der Waals surface area contributed by atoms with E-state index in [4.69, 9.17) is 5.73 Å². The van der Waals surface area contributed by atoms with Crippen LogP contribution in [0.5, 0.6) is 0 Å². The Morgan fingerprint density at radius 3 is 2.04 bits per heavy atom. The van der Waals surface area contributed by atoms with Crippen LogP contribution in [0, 0.1) is 10.1 Å². The predicted molar refractivity (Wildman–Crippen MR) is 96.9 cm³/mol. The van der Waals surface area contributed by atoms with Crippen LogP contribution in [0.1, 0.15) is 34.6 Å². The third-order valence-electron chi connectivity index (χ3n) is 3.75. The first-order chi connectivity index (χ1) is 13.2. The molecule has 2 N–H and O–H groups in total. The highest BCUT2D eigenvalue weighted by molar-refractivity contribution is 6.50. The molecule has 28 heavy (non-hydrogen) atoms. The van der Waals surface area contributed by atoms with Crippen molar-refractivity contribution in [2.45, 2.75) is 13.8 Å². The predicted octanol–water partition coefficient (Wildman–Crippen LogP) is 1.82. The first kappa shape index (κ1) is 20.5. The fourth-order valence-electron chi connectivity index (χ4n) is 2.68. The first-order valence-corrected chi connectivity index (χ1v) is 8.17. The van der Waals surface area contributed by atoms with Crippen molar-refractivity contribution in [3.05, 3.63) is 45.5 Å². The van der Waals surface area contributed by atoms with Gasteiger partial charge >= 0.3 is 11.9 Å². The molecule has 0 atom stereocenters. The number of rotatable bonds is 7. The number of nitro groups is 1. The van der Waals surface area contributed by atoms with Crippen LogP contribution in [-0.2, 0) is 19.1 Å². The number of ether oxygens (including phenoxy) is 2. The number of carbonyl (C=O) groups is 4. The molecule has 0 unspecified atom stereocenters. The molecule has 0 bridgehead atoms. The number of carbonyl (C=O) groups excluding carboxylic acids is 4. The van der Waals surface area contributed by atoms with E-state index >= 15 is 0 Å². The zero-order valence-electron chi connectivity index (χ0n) is 15.0. The highest BCUT2D eigenvalue weighted by Crippen LogP contribution is 2.35. The van der Waals surface area contributed by atoms with Crippen LogP contribution in [0.2, 0.25) is 0 Å². The maximum Gasteiger partial charge on any atom is 0.379 e. The lowest BCUT2D eigenvalue weighted by atomic mass is 9.91. The van der Waals surface area contributed by atoms with Gasteiger partial charge in [-0.3, -0.25) is 19.7 Å². The smallest absolute Gasteiger partial charge is 0.379 e. The molecule has 2 aromatic rings. The number of nitrogens with zero attached hydrogens (tertiary/aromatic N) is 1. The van der Waals surface area contributed by atoms with E-state index in [-0.39, 0.29) is 29.7 Å². The third kappa shape index (κ3) is 3.65. The summed E-state index contributed by atoms with van der Waals surface area (Å²) in [6, 6.07) is 5.07. The molecule has 0 saturated heterocycles. The van der Waals surface area contributed by atoms with Gasteiger partial charge < -0.3 is 15.2 Å². The van der Waals surface area contributed by atoms with Gasteiger partial charge in [-0.1, -0.05) is 12.1 Å². The van der Waals surface area contributed by atoms with Crippen molar-refractivity contribution in [2.24, 2.45) is 0 Å². The molecule has 2 rings (SSSR count). The molecule has 0 radical (unpaired) electrons. The van der Waals surface area contributed by atoms with Crippen molar-refractivity contribution in [3.63, 3.8) is 0 Å². The Morgan fingerprint density at radius 1 is 1.00 bits per heavy atom. The summed E-state index contributed by atoms with van der Waals surface area (Å²) in [4.78, 5) is 59.9. The van der Waals surface area contributed by atoms with E-state index in [0.29, 0.717) is 0 Å². The van der Waals surface area contributed by atoms with Crippen LogP contribution < -0.4 is 5.73 Å². The fourth-order valence-corrected chi connectivity index (χ4v) is 2.68. The van der Waals surface area contributed by atoms with Gasteiger partial charge in [0.25, 0.3) is 17.3 Å². The number of fused-ring (bicyclic) bond motifs is 1. The Morgan fingerprint density at radius 2 is 1.54 bits per heavy atom. The van der Waals surface area contributed by atoms with Gasteiger partial charge in [0.05, 0.1) is 34.7 Å². The molecule has 0 spiro atoms. The van der Waals surface area contributed by atoms with E-state index in [1.165, 1.54) is 32.0 Å². The summed E-state index contributed by atoms with van der Waals surface area (Å²) in [7, 11) is 0. The molecule has 2 aromatic carbocycles. The number of Topliss-reactive ketones (excluding diaryl/α,β-unsaturated/α-hetero) is 2. The van der Waals surface area contributed by atoms with Crippen molar-refractivity contribution in [2.75, 3.05) is 18.9 Å². The van der Waals surface area contributed by atoms with Gasteiger partial charge in [0.1, 0.15) is 0 Å². The summed E-state index contributed by atoms with van der Waals surface area (Å²) in [5, 5.41) is 11.3. The zero-order valence-corrected chi connectivity index (χ0v) is 15.0. The maximum atomic E-state index is 12.7. The molecule has 0 heterocycles. The molecular weight excluding hydrogens is 372 g/mol. The Bertz CT molecular complexity index is 1010. The minimum Gasteiger partial charge on any atom is -0.460 e. The molecule has 0 aliphatic rings. The van der Waals surface area contributed by atoms with E-state index < -0.39 is 45.2 Å². The second-order valence-electron chi connectivity index (χ2n) is 5.45. The van der Waals surface area contributed by atoms with Crippen molar-refractivity contribution in [3.8, 4) is 0 Å². The Kier molecular flexibility index (Phi) is 6.04. The van der Waals surface area contributed by atoms with Crippen LogP contribution in [0.15, 0.2) is 24.3 Å². The topological polar surface area (TPSA) is 156 Å². The summed E-state index contributed by atoms with van der Waals surface area (Å²) in [5.74, 6) is -5.29. The molecule has 10 nitrogen and oxygen atoms in total. The second-order valence-corrected chi connectivity index (χ2v) is 5.45. The number of hydrogen-bond donors (Lipinski definition) is 1. The summed E-state index contributed by atoms with van der Waals surface area (Å²) >= 11 is 0. The molecule has 10 heteroatoms. The number of nitro benzene ring substituents is 1. The van der Waals surface area contributed by atoms with Gasteiger partial charge in [-0.15, -0.1) is 0 Å². The quantitative estimate of drug-likeness (QED) is 0.187. The van der Waals surface area contributed by atoms with Crippen molar-refractivity contribution < 1.29 is 33.6 Å². The lowest BCUT2D eigenvalue weighted by molar-refractivity contribution is -0.383. The van der Waals surface area contributed by atoms with Gasteiger partial charge in [0, 0.05) is 11.8 Å². The number of esters is 2. The van der Waals surface area contributed by atoms with E-state index in [2.05, 4.69) is 9.47 Å². The van der Waals surface area contributed by atoms with E-state index in [0.717, 1.165) is 6.07 Å². The minimum atomic E-state index is -1.34. The number of hydrogen-bond acceptors (Lipinski definition) is 9. The van der Waals surface area contributed by atoms with Crippen LogP contribution in [0.4, 0.5) is 11.4 Å². The fraction of sp³-hybridized carbons (Fsp3) is 0.222. The first-order valence-electron chi connectivity index (χ1n) is 8.17. The largest absolute Gasteiger partial charge is 0.460 e. The zero-order chi connectivity index (χ0) is 21.0. The summed E-state index contributed by atoms with van der Waals surface area (Å²) in [5.41, 5.74) is 3.70. The van der Waals surface area contributed by atoms with Crippen LogP contribution >= 0.6 is 0 Å². The molecule has 0 aromatic heterocycles. The second kappa shape index (κ2) is 8.25. The van der Waals surface area contributed by atoms with Gasteiger partial charge in [0.2, 0.25) is 0 Å². The Balaban J connectivity index is 2.95. The summed E-state index contributed by atoms with van der Waals surface area (Å²) in [6.45, 7) is 2.65. The van der Waals surface area contributed by atoms with Crippen molar-refractivity contribution in [1.82, 2.24) is 0 Å². The van der Waals surface area contributed by atoms with Gasteiger partial charge in [-0.2, -0.15) is 0 Å². The van der Waals surface area contributed by atoms with Gasteiger partial charge in [0.15, 0.2) is 0 Å². The molecule has 0 amide bonds. The molecule has 0 fully saturated rings. The molecule has 0 saturated carbocycles. The van der Waals surface area contributed by atoms with Crippen molar-refractivity contribution >= 4 is 45.7 Å². The maximum absolute atomic E-state index is 12.7. The Hall–Kier alpha value is -3.82. The van der Waals surface area contributed by atoms with E-state index in [1.807, 2.05) is 0 Å². The number of non-ortho nitro benzene ring substituents is 1. The van der Waals surface area contributed by atoms with Crippen LogP contribution in [-0.4, -0.2) is 41.6 Å². The number of ketones is 2. The van der Waals surface area contributed by atoms with Crippen molar-refractivity contribution in [1.29, 1.82) is 0 Å². The van der Waals surface area contributed by atoms with E-state index in [1.54, 1.807) is 0 Å².